The maximum atomic E-state index is 9.44. The van der Waals surface area contributed by atoms with Crippen LogP contribution in [0.2, 0.25) is 6.32 Å². The molecule has 108 valence electrons. The van der Waals surface area contributed by atoms with Crippen LogP contribution in [0, 0.1) is 0 Å². The maximum absolute atomic E-state index is 9.44. The normalized spacial score (nSPS) is 19.6. The van der Waals surface area contributed by atoms with Gasteiger partial charge in [-0.3, -0.25) is 0 Å². The molecule has 0 spiro atoms. The Bertz CT molecular complexity index is 478. The van der Waals surface area contributed by atoms with Gasteiger partial charge in [-0.15, -0.1) is 0 Å². The molecule has 0 amide bonds. The van der Waals surface area contributed by atoms with Gasteiger partial charge in [0.05, 0.1) is 6.10 Å². The van der Waals surface area contributed by atoms with E-state index in [1.54, 1.807) is 6.07 Å². The summed E-state index contributed by atoms with van der Waals surface area (Å²) in [5.74, 6) is 1.35. The van der Waals surface area contributed by atoms with Crippen LogP contribution in [-0.4, -0.2) is 23.4 Å². The van der Waals surface area contributed by atoms with E-state index in [9.17, 15) is 5.02 Å². The fourth-order valence-corrected chi connectivity index (χ4v) is 2.25. The second-order valence-corrected chi connectivity index (χ2v) is 4.95. The zero-order valence-corrected chi connectivity index (χ0v) is 11.8. The van der Waals surface area contributed by atoms with E-state index in [0.717, 1.165) is 25.0 Å². The molecule has 1 aromatic rings. The first-order valence-electron chi connectivity index (χ1n) is 7.10. The molecule has 1 atom stereocenters. The Morgan fingerprint density at radius 2 is 2.35 bits per heavy atom. The summed E-state index contributed by atoms with van der Waals surface area (Å²) in [4.78, 5) is 0. The van der Waals surface area contributed by atoms with Crippen molar-refractivity contribution in [2.45, 2.75) is 45.2 Å². The third-order valence-corrected chi connectivity index (χ3v) is 3.41. The zero-order chi connectivity index (χ0) is 14.4. The summed E-state index contributed by atoms with van der Waals surface area (Å²) in [7, 11) is -0.670. The summed E-state index contributed by atoms with van der Waals surface area (Å²) in [5, 5.41) is 18.4. The summed E-state index contributed by atoms with van der Waals surface area (Å²) in [6.07, 6.45) is 9.23. The van der Waals surface area contributed by atoms with Crippen LogP contribution < -0.4 is 0 Å². The standard InChI is InChI=1S/C15H21BO4/c1-2-12(10-14-7-8-15(11-17)19-14)5-6-13-4-3-9-16(18)20-13/h3-4,7-8,10,13,17-18H,2,5-6,9,11H2,1H3/b12-10+/t13-/m0/s1. The van der Waals surface area contributed by atoms with Crippen LogP contribution in [0.1, 0.15) is 37.7 Å². The predicted octanol–water partition coefficient (Wildman–Crippen LogP) is 2.78. The van der Waals surface area contributed by atoms with Crippen molar-refractivity contribution < 1.29 is 19.2 Å². The minimum Gasteiger partial charge on any atom is -0.459 e. The molecule has 1 aromatic heterocycles. The van der Waals surface area contributed by atoms with E-state index in [0.29, 0.717) is 12.1 Å². The van der Waals surface area contributed by atoms with Crippen LogP contribution in [0.4, 0.5) is 0 Å². The van der Waals surface area contributed by atoms with Gasteiger partial charge >= 0.3 is 7.12 Å². The fraction of sp³-hybridized carbons (Fsp3) is 0.467. The molecule has 0 fully saturated rings. The lowest BCUT2D eigenvalue weighted by atomic mass is 9.82. The third kappa shape index (κ3) is 4.37. The highest BCUT2D eigenvalue weighted by Crippen LogP contribution is 2.21. The topological polar surface area (TPSA) is 62.8 Å². The molecular weight excluding hydrogens is 255 g/mol. The molecule has 0 radical (unpaired) electrons. The number of aliphatic hydroxyl groups excluding tert-OH is 1. The average molecular weight is 276 g/mol. The van der Waals surface area contributed by atoms with Gasteiger partial charge in [0, 0.05) is 6.32 Å². The van der Waals surface area contributed by atoms with Crippen molar-refractivity contribution in [3.05, 3.63) is 41.4 Å². The Labute approximate surface area is 119 Å². The van der Waals surface area contributed by atoms with Crippen LogP contribution in [0.15, 0.2) is 34.3 Å². The Kier molecular flexibility index (Phi) is 5.65. The van der Waals surface area contributed by atoms with Crippen LogP contribution in [0.25, 0.3) is 6.08 Å². The molecule has 0 saturated carbocycles. The van der Waals surface area contributed by atoms with Crippen molar-refractivity contribution >= 4 is 13.2 Å². The van der Waals surface area contributed by atoms with Gasteiger partial charge in [0.15, 0.2) is 0 Å². The van der Waals surface area contributed by atoms with Gasteiger partial charge < -0.3 is 19.2 Å². The number of hydrogen-bond acceptors (Lipinski definition) is 4. The summed E-state index contributed by atoms with van der Waals surface area (Å²) in [6, 6.07) is 3.64. The Morgan fingerprint density at radius 3 is 3.00 bits per heavy atom. The van der Waals surface area contributed by atoms with Crippen LogP contribution in [-0.2, 0) is 11.3 Å². The highest BCUT2D eigenvalue weighted by Gasteiger charge is 2.20. The second-order valence-electron chi connectivity index (χ2n) is 4.95. The molecule has 0 aliphatic carbocycles. The first kappa shape index (κ1) is 15.1. The molecular formula is C15H21BO4. The minimum atomic E-state index is -0.670. The molecule has 1 aliphatic rings. The van der Waals surface area contributed by atoms with Crippen molar-refractivity contribution in [3.63, 3.8) is 0 Å². The Morgan fingerprint density at radius 1 is 1.50 bits per heavy atom. The average Bonchev–Trinajstić information content (AvgIpc) is 2.91. The van der Waals surface area contributed by atoms with Gasteiger partial charge in [0.2, 0.25) is 0 Å². The van der Waals surface area contributed by atoms with Crippen LogP contribution >= 0.6 is 0 Å². The smallest absolute Gasteiger partial charge is 0.458 e. The molecule has 2 N–H and O–H groups in total. The number of rotatable bonds is 6. The number of hydrogen-bond donors (Lipinski definition) is 2. The lowest BCUT2D eigenvalue weighted by Gasteiger charge is -2.20. The summed E-state index contributed by atoms with van der Waals surface area (Å²) in [6.45, 7) is 2.03. The minimum absolute atomic E-state index is 0.0155. The van der Waals surface area contributed by atoms with E-state index >= 15 is 0 Å². The summed E-state index contributed by atoms with van der Waals surface area (Å²) >= 11 is 0. The molecule has 2 rings (SSSR count). The van der Waals surface area contributed by atoms with E-state index in [-0.39, 0.29) is 12.7 Å². The highest BCUT2D eigenvalue weighted by atomic mass is 16.5. The highest BCUT2D eigenvalue weighted by molar-refractivity contribution is 6.43. The largest absolute Gasteiger partial charge is 0.459 e. The third-order valence-electron chi connectivity index (χ3n) is 3.41. The molecule has 0 bridgehead atoms. The lowest BCUT2D eigenvalue weighted by molar-refractivity contribution is 0.192. The molecule has 0 unspecified atom stereocenters. The summed E-state index contributed by atoms with van der Waals surface area (Å²) < 4.78 is 10.9. The van der Waals surface area contributed by atoms with Gasteiger partial charge in [-0.1, -0.05) is 24.6 Å². The monoisotopic (exact) mass is 276 g/mol. The Balaban J connectivity index is 1.91. The van der Waals surface area contributed by atoms with Crippen molar-refractivity contribution in [1.29, 1.82) is 0 Å². The van der Waals surface area contributed by atoms with E-state index in [1.807, 2.05) is 24.3 Å². The summed E-state index contributed by atoms with van der Waals surface area (Å²) in [5.41, 5.74) is 1.26. The molecule has 4 nitrogen and oxygen atoms in total. The van der Waals surface area contributed by atoms with Gasteiger partial charge in [-0.2, -0.15) is 0 Å². The molecule has 2 heterocycles. The lowest BCUT2D eigenvalue weighted by Crippen LogP contribution is -2.27. The van der Waals surface area contributed by atoms with Crippen LogP contribution in [0.5, 0.6) is 0 Å². The van der Waals surface area contributed by atoms with Gasteiger partial charge in [-0.05, 0) is 37.5 Å². The molecule has 20 heavy (non-hydrogen) atoms. The quantitative estimate of drug-likeness (QED) is 0.619. The zero-order valence-electron chi connectivity index (χ0n) is 11.8. The van der Waals surface area contributed by atoms with Gasteiger partial charge in [0.25, 0.3) is 0 Å². The van der Waals surface area contributed by atoms with E-state index < -0.39 is 7.12 Å². The van der Waals surface area contributed by atoms with Crippen molar-refractivity contribution in [2.75, 3.05) is 0 Å². The first-order chi connectivity index (χ1) is 9.71. The number of aliphatic hydroxyl groups is 1. The molecule has 1 aliphatic heterocycles. The SMILES string of the molecule is CC/C(=C\c1ccc(CO)o1)CC[C@@H]1C=CCB(O)O1. The van der Waals surface area contributed by atoms with E-state index in [1.165, 1.54) is 5.57 Å². The van der Waals surface area contributed by atoms with Crippen molar-refractivity contribution in [1.82, 2.24) is 0 Å². The second kappa shape index (κ2) is 7.48. The fourth-order valence-electron chi connectivity index (χ4n) is 2.25. The van der Waals surface area contributed by atoms with Gasteiger partial charge in [0.1, 0.15) is 18.1 Å². The molecule has 5 heteroatoms. The Hall–Kier alpha value is -1.30. The predicted molar refractivity (Wildman–Crippen MR) is 78.9 cm³/mol. The molecule has 0 aromatic carbocycles. The van der Waals surface area contributed by atoms with Crippen molar-refractivity contribution in [3.8, 4) is 0 Å². The molecule has 0 saturated heterocycles. The maximum Gasteiger partial charge on any atom is 0.458 e. The van der Waals surface area contributed by atoms with E-state index in [4.69, 9.17) is 14.2 Å². The van der Waals surface area contributed by atoms with Crippen molar-refractivity contribution in [2.24, 2.45) is 0 Å². The first-order valence-corrected chi connectivity index (χ1v) is 7.10. The number of allylic oxidation sites excluding steroid dienone is 2. The van der Waals surface area contributed by atoms with Crippen LogP contribution in [0.3, 0.4) is 0 Å². The number of furan rings is 1. The van der Waals surface area contributed by atoms with Gasteiger partial charge in [-0.25, -0.2) is 0 Å². The van der Waals surface area contributed by atoms with E-state index in [2.05, 4.69) is 6.92 Å².